The van der Waals surface area contributed by atoms with Crippen LogP contribution in [0.2, 0.25) is 0 Å². The monoisotopic (exact) mass is 252 g/mol. The van der Waals surface area contributed by atoms with Gasteiger partial charge in [0, 0.05) is 13.3 Å². The summed E-state index contributed by atoms with van der Waals surface area (Å²) in [6.45, 7) is 3.04. The van der Waals surface area contributed by atoms with E-state index in [-0.39, 0.29) is 5.91 Å². The molecule has 0 aromatic carbocycles. The van der Waals surface area contributed by atoms with Gasteiger partial charge in [-0.1, -0.05) is 0 Å². The normalized spacial score (nSPS) is 18.4. The second-order valence-electron chi connectivity index (χ2n) is 5.00. The van der Waals surface area contributed by atoms with Gasteiger partial charge < -0.3 is 15.8 Å². The number of methoxy groups -OCH3 is 1. The lowest BCUT2D eigenvalue weighted by Crippen LogP contribution is -2.50. The summed E-state index contributed by atoms with van der Waals surface area (Å²) in [7, 11) is 1.64. The molecule has 1 saturated carbocycles. The summed E-state index contributed by atoms with van der Waals surface area (Å²) < 4.78 is 6.69. The van der Waals surface area contributed by atoms with Gasteiger partial charge in [-0.25, -0.2) is 0 Å². The summed E-state index contributed by atoms with van der Waals surface area (Å²) in [6.07, 6.45) is 5.47. The zero-order valence-electron chi connectivity index (χ0n) is 10.8. The highest BCUT2D eigenvalue weighted by Crippen LogP contribution is 2.38. The molecule has 1 aliphatic carbocycles. The number of anilines is 1. The van der Waals surface area contributed by atoms with Crippen molar-refractivity contribution in [3.05, 3.63) is 12.4 Å². The summed E-state index contributed by atoms with van der Waals surface area (Å²) in [5.74, 6) is 0.164. The van der Waals surface area contributed by atoms with E-state index in [0.29, 0.717) is 24.8 Å². The SMILES string of the molecule is COCCn1cc(NC(=O)C(C)(N)C2CC2)cn1. The maximum Gasteiger partial charge on any atom is 0.244 e. The second-order valence-corrected chi connectivity index (χ2v) is 5.00. The molecule has 1 aromatic rings. The van der Waals surface area contributed by atoms with Gasteiger partial charge in [0.25, 0.3) is 0 Å². The fourth-order valence-corrected chi connectivity index (χ4v) is 1.87. The number of nitrogens with zero attached hydrogens (tertiary/aromatic N) is 2. The minimum Gasteiger partial charge on any atom is -0.383 e. The molecule has 1 aliphatic rings. The van der Waals surface area contributed by atoms with Crippen molar-refractivity contribution < 1.29 is 9.53 Å². The Morgan fingerprint density at radius 3 is 3.06 bits per heavy atom. The molecule has 18 heavy (non-hydrogen) atoms. The maximum atomic E-state index is 12.0. The van der Waals surface area contributed by atoms with Crippen LogP contribution in [0.15, 0.2) is 12.4 Å². The van der Waals surface area contributed by atoms with Crippen LogP contribution in [0.4, 0.5) is 5.69 Å². The van der Waals surface area contributed by atoms with Crippen molar-refractivity contribution in [1.29, 1.82) is 0 Å². The summed E-state index contributed by atoms with van der Waals surface area (Å²) in [5.41, 5.74) is 5.93. The van der Waals surface area contributed by atoms with Gasteiger partial charge in [-0.3, -0.25) is 9.48 Å². The molecule has 1 amide bonds. The van der Waals surface area contributed by atoms with E-state index in [2.05, 4.69) is 10.4 Å². The molecule has 3 N–H and O–H groups in total. The van der Waals surface area contributed by atoms with Gasteiger partial charge in [0.2, 0.25) is 5.91 Å². The molecular weight excluding hydrogens is 232 g/mol. The van der Waals surface area contributed by atoms with E-state index in [4.69, 9.17) is 10.5 Å². The number of ether oxygens (including phenoxy) is 1. The fraction of sp³-hybridized carbons (Fsp3) is 0.667. The van der Waals surface area contributed by atoms with Gasteiger partial charge in [-0.2, -0.15) is 5.10 Å². The smallest absolute Gasteiger partial charge is 0.244 e. The van der Waals surface area contributed by atoms with Crippen LogP contribution in [0, 0.1) is 5.92 Å². The molecule has 1 fully saturated rings. The molecule has 0 saturated heterocycles. The van der Waals surface area contributed by atoms with E-state index in [1.54, 1.807) is 31.1 Å². The third kappa shape index (κ3) is 2.88. The molecule has 6 heteroatoms. The van der Waals surface area contributed by atoms with Crippen LogP contribution in [0.5, 0.6) is 0 Å². The number of amides is 1. The van der Waals surface area contributed by atoms with Crippen LogP contribution in [-0.2, 0) is 16.1 Å². The Hall–Kier alpha value is -1.40. The number of nitrogens with two attached hydrogens (primary N) is 1. The third-order valence-corrected chi connectivity index (χ3v) is 3.33. The lowest BCUT2D eigenvalue weighted by atomic mass is 9.96. The van der Waals surface area contributed by atoms with Gasteiger partial charge >= 0.3 is 0 Å². The zero-order chi connectivity index (χ0) is 13.2. The third-order valence-electron chi connectivity index (χ3n) is 3.33. The zero-order valence-corrected chi connectivity index (χ0v) is 10.8. The molecule has 2 rings (SSSR count). The molecule has 0 radical (unpaired) electrons. The molecule has 1 unspecified atom stereocenters. The first-order chi connectivity index (χ1) is 8.54. The van der Waals surface area contributed by atoms with Crippen molar-refractivity contribution >= 4 is 11.6 Å². The maximum absolute atomic E-state index is 12.0. The van der Waals surface area contributed by atoms with E-state index >= 15 is 0 Å². The molecule has 1 atom stereocenters. The number of carbonyl (C=O) groups excluding carboxylic acids is 1. The standard InChI is InChI=1S/C12H20N4O2/c1-12(13,9-3-4-9)11(17)15-10-7-14-16(8-10)5-6-18-2/h7-9H,3-6,13H2,1-2H3,(H,15,17). The highest BCUT2D eigenvalue weighted by Gasteiger charge is 2.44. The van der Waals surface area contributed by atoms with Crippen molar-refractivity contribution in [3.63, 3.8) is 0 Å². The quantitative estimate of drug-likeness (QED) is 0.776. The molecule has 0 spiro atoms. The van der Waals surface area contributed by atoms with Crippen LogP contribution < -0.4 is 11.1 Å². The Morgan fingerprint density at radius 1 is 1.72 bits per heavy atom. The van der Waals surface area contributed by atoms with Crippen molar-refractivity contribution in [3.8, 4) is 0 Å². The lowest BCUT2D eigenvalue weighted by molar-refractivity contribution is -0.121. The van der Waals surface area contributed by atoms with Gasteiger partial charge in [-0.15, -0.1) is 0 Å². The van der Waals surface area contributed by atoms with Crippen LogP contribution in [0.3, 0.4) is 0 Å². The molecule has 0 bridgehead atoms. The van der Waals surface area contributed by atoms with Crippen molar-refractivity contribution in [2.75, 3.05) is 19.0 Å². The lowest BCUT2D eigenvalue weighted by Gasteiger charge is -2.22. The Labute approximate surface area is 106 Å². The first kappa shape index (κ1) is 13.0. The van der Waals surface area contributed by atoms with Crippen molar-refractivity contribution in [1.82, 2.24) is 9.78 Å². The number of hydrogen-bond acceptors (Lipinski definition) is 4. The van der Waals surface area contributed by atoms with E-state index in [0.717, 1.165) is 12.8 Å². The van der Waals surface area contributed by atoms with Gasteiger partial charge in [0.1, 0.15) is 0 Å². The second kappa shape index (κ2) is 5.07. The summed E-state index contributed by atoms with van der Waals surface area (Å²) in [4.78, 5) is 12.0. The molecule has 1 heterocycles. The van der Waals surface area contributed by atoms with Crippen LogP contribution in [-0.4, -0.2) is 34.9 Å². The Balaban J connectivity index is 1.92. The Kier molecular flexibility index (Phi) is 3.68. The Morgan fingerprint density at radius 2 is 2.44 bits per heavy atom. The van der Waals surface area contributed by atoms with Gasteiger partial charge in [0.05, 0.1) is 30.6 Å². The molecule has 6 nitrogen and oxygen atoms in total. The summed E-state index contributed by atoms with van der Waals surface area (Å²) in [6, 6.07) is 0. The predicted molar refractivity (Wildman–Crippen MR) is 68.0 cm³/mol. The topological polar surface area (TPSA) is 82.2 Å². The van der Waals surface area contributed by atoms with Crippen LogP contribution in [0.1, 0.15) is 19.8 Å². The molecule has 1 aromatic heterocycles. The predicted octanol–water partition coefficient (Wildman–Crippen LogP) is 0.595. The number of rotatable bonds is 6. The minimum absolute atomic E-state index is 0.142. The number of aromatic nitrogens is 2. The average molecular weight is 252 g/mol. The molecule has 100 valence electrons. The highest BCUT2D eigenvalue weighted by atomic mass is 16.5. The van der Waals surface area contributed by atoms with Crippen molar-refractivity contribution in [2.24, 2.45) is 11.7 Å². The molecule has 0 aliphatic heterocycles. The minimum atomic E-state index is -0.783. The van der Waals surface area contributed by atoms with Crippen LogP contribution in [0.25, 0.3) is 0 Å². The largest absolute Gasteiger partial charge is 0.383 e. The average Bonchev–Trinajstić information content (AvgIpc) is 3.10. The first-order valence-corrected chi connectivity index (χ1v) is 6.15. The molecular formula is C12H20N4O2. The van der Waals surface area contributed by atoms with E-state index < -0.39 is 5.54 Å². The van der Waals surface area contributed by atoms with Crippen LogP contribution >= 0.6 is 0 Å². The first-order valence-electron chi connectivity index (χ1n) is 6.15. The Bertz CT molecular complexity index is 423. The highest BCUT2D eigenvalue weighted by molar-refractivity contribution is 5.97. The van der Waals surface area contributed by atoms with Crippen molar-refractivity contribution in [2.45, 2.75) is 31.8 Å². The van der Waals surface area contributed by atoms with E-state index in [1.165, 1.54) is 0 Å². The van der Waals surface area contributed by atoms with E-state index in [9.17, 15) is 4.79 Å². The van der Waals surface area contributed by atoms with Gasteiger partial charge in [-0.05, 0) is 25.7 Å². The number of hydrogen-bond donors (Lipinski definition) is 2. The summed E-state index contributed by atoms with van der Waals surface area (Å²) >= 11 is 0. The number of nitrogens with one attached hydrogen (secondary N) is 1. The fourth-order valence-electron chi connectivity index (χ4n) is 1.87. The summed E-state index contributed by atoms with van der Waals surface area (Å²) in [5, 5.41) is 6.94. The van der Waals surface area contributed by atoms with E-state index in [1.807, 2.05) is 0 Å². The number of carbonyl (C=O) groups is 1. The van der Waals surface area contributed by atoms with Gasteiger partial charge in [0.15, 0.2) is 0 Å².